The van der Waals surface area contributed by atoms with E-state index >= 15 is 0 Å². The van der Waals surface area contributed by atoms with Crippen LogP contribution in [0.15, 0.2) is 22.7 Å². The van der Waals surface area contributed by atoms with Gasteiger partial charge in [-0.3, -0.25) is 0 Å². The Morgan fingerprint density at radius 3 is 3.00 bits per heavy atom. The van der Waals surface area contributed by atoms with Gasteiger partial charge in [0.1, 0.15) is 0 Å². The number of halogens is 1. The molecule has 1 aromatic carbocycles. The van der Waals surface area contributed by atoms with Crippen LogP contribution in [0.1, 0.15) is 24.9 Å². The molecule has 2 atom stereocenters. The second-order valence-electron chi connectivity index (χ2n) is 5.05. The topological polar surface area (TPSA) is 38.5 Å². The number of methoxy groups -OCH3 is 1. The molecule has 3 nitrogen and oxygen atoms in total. The molecule has 2 N–H and O–H groups in total. The van der Waals surface area contributed by atoms with Crippen LogP contribution in [0.4, 0.5) is 5.69 Å². The number of nitrogens with two attached hydrogens (primary N) is 1. The Morgan fingerprint density at radius 2 is 2.33 bits per heavy atom. The molecule has 1 saturated heterocycles. The van der Waals surface area contributed by atoms with Crippen molar-refractivity contribution in [2.45, 2.75) is 19.4 Å². The van der Waals surface area contributed by atoms with Crippen molar-refractivity contribution in [1.29, 1.82) is 0 Å². The van der Waals surface area contributed by atoms with Gasteiger partial charge in [-0.05, 0) is 31.0 Å². The van der Waals surface area contributed by atoms with Crippen LogP contribution in [0.25, 0.3) is 0 Å². The molecule has 0 saturated carbocycles. The van der Waals surface area contributed by atoms with Gasteiger partial charge in [0.2, 0.25) is 0 Å². The van der Waals surface area contributed by atoms with Crippen LogP contribution in [0.3, 0.4) is 0 Å². The lowest BCUT2D eigenvalue weighted by atomic mass is 10.1. The van der Waals surface area contributed by atoms with Crippen LogP contribution >= 0.6 is 15.9 Å². The monoisotopic (exact) mass is 312 g/mol. The van der Waals surface area contributed by atoms with Gasteiger partial charge in [-0.2, -0.15) is 0 Å². The van der Waals surface area contributed by atoms with Crippen LogP contribution in [0, 0.1) is 5.92 Å². The van der Waals surface area contributed by atoms with Crippen LogP contribution in [0.5, 0.6) is 0 Å². The van der Waals surface area contributed by atoms with Gasteiger partial charge >= 0.3 is 0 Å². The van der Waals surface area contributed by atoms with Crippen molar-refractivity contribution in [2.24, 2.45) is 11.7 Å². The highest BCUT2D eigenvalue weighted by atomic mass is 79.9. The molecular formula is C14H21BrN2O. The molecule has 2 unspecified atom stereocenters. The van der Waals surface area contributed by atoms with Gasteiger partial charge in [-0.1, -0.05) is 22.0 Å². The van der Waals surface area contributed by atoms with Crippen molar-refractivity contribution in [3.8, 4) is 0 Å². The van der Waals surface area contributed by atoms with E-state index in [0.29, 0.717) is 5.92 Å². The smallest absolute Gasteiger partial charge is 0.0508 e. The number of anilines is 1. The molecule has 1 fully saturated rings. The first-order valence-corrected chi connectivity index (χ1v) is 7.20. The first-order chi connectivity index (χ1) is 8.61. The Bertz CT molecular complexity index is 409. The molecule has 0 bridgehead atoms. The van der Waals surface area contributed by atoms with E-state index in [4.69, 9.17) is 10.5 Å². The Balaban J connectivity index is 2.20. The van der Waals surface area contributed by atoms with E-state index < -0.39 is 0 Å². The van der Waals surface area contributed by atoms with E-state index in [1.807, 2.05) is 6.92 Å². The Morgan fingerprint density at radius 1 is 1.56 bits per heavy atom. The average molecular weight is 313 g/mol. The second-order valence-corrected chi connectivity index (χ2v) is 5.96. The maximum absolute atomic E-state index is 6.06. The maximum atomic E-state index is 6.06. The number of hydrogen-bond donors (Lipinski definition) is 1. The van der Waals surface area contributed by atoms with E-state index in [9.17, 15) is 0 Å². The number of rotatable bonds is 4. The Labute approximate surface area is 117 Å². The Kier molecular flexibility index (Phi) is 4.65. The van der Waals surface area contributed by atoms with E-state index in [0.717, 1.165) is 24.2 Å². The van der Waals surface area contributed by atoms with Crippen molar-refractivity contribution < 1.29 is 4.74 Å². The summed E-state index contributed by atoms with van der Waals surface area (Å²) in [5, 5.41) is 0. The molecule has 1 aliphatic rings. The summed E-state index contributed by atoms with van der Waals surface area (Å²) >= 11 is 3.55. The third-order valence-electron chi connectivity index (χ3n) is 3.51. The fourth-order valence-corrected chi connectivity index (χ4v) is 2.95. The first kappa shape index (κ1) is 13.8. The largest absolute Gasteiger partial charge is 0.384 e. The second kappa shape index (κ2) is 6.04. The van der Waals surface area contributed by atoms with Gasteiger partial charge in [0, 0.05) is 42.3 Å². The highest BCUT2D eigenvalue weighted by Crippen LogP contribution is 2.32. The zero-order chi connectivity index (χ0) is 13.1. The molecule has 4 heteroatoms. The fourth-order valence-electron chi connectivity index (χ4n) is 2.60. The molecule has 2 rings (SSSR count). The first-order valence-electron chi connectivity index (χ1n) is 6.40. The van der Waals surface area contributed by atoms with E-state index in [1.54, 1.807) is 7.11 Å². The van der Waals surface area contributed by atoms with Crippen molar-refractivity contribution in [2.75, 3.05) is 31.7 Å². The molecule has 1 aromatic rings. The predicted molar refractivity (Wildman–Crippen MR) is 78.9 cm³/mol. The standard InChI is InChI=1S/C14H21BrN2O/c1-10(16)13-4-3-12(15)7-14(13)17-6-5-11(8-17)9-18-2/h3-4,7,10-11H,5-6,8-9,16H2,1-2H3. The molecule has 0 aliphatic carbocycles. The van der Waals surface area contributed by atoms with E-state index in [2.05, 4.69) is 39.0 Å². The van der Waals surface area contributed by atoms with Gasteiger partial charge in [0.25, 0.3) is 0 Å². The summed E-state index contributed by atoms with van der Waals surface area (Å²) in [5.41, 5.74) is 8.54. The van der Waals surface area contributed by atoms with Gasteiger partial charge in [0.15, 0.2) is 0 Å². The van der Waals surface area contributed by atoms with E-state index in [-0.39, 0.29) is 6.04 Å². The van der Waals surface area contributed by atoms with Crippen LogP contribution < -0.4 is 10.6 Å². The zero-order valence-electron chi connectivity index (χ0n) is 11.0. The minimum absolute atomic E-state index is 0.0644. The Hall–Kier alpha value is -0.580. The number of benzene rings is 1. The van der Waals surface area contributed by atoms with Gasteiger partial charge in [-0.15, -0.1) is 0 Å². The third kappa shape index (κ3) is 3.05. The minimum Gasteiger partial charge on any atom is -0.384 e. The molecular weight excluding hydrogens is 292 g/mol. The average Bonchev–Trinajstić information content (AvgIpc) is 2.77. The van der Waals surface area contributed by atoms with E-state index in [1.165, 1.54) is 17.7 Å². The van der Waals surface area contributed by atoms with Crippen molar-refractivity contribution >= 4 is 21.6 Å². The van der Waals surface area contributed by atoms with Crippen LogP contribution in [-0.4, -0.2) is 26.8 Å². The highest BCUT2D eigenvalue weighted by molar-refractivity contribution is 9.10. The summed E-state index contributed by atoms with van der Waals surface area (Å²) in [6.45, 7) is 5.03. The van der Waals surface area contributed by atoms with Crippen LogP contribution in [0.2, 0.25) is 0 Å². The number of ether oxygens (including phenoxy) is 1. The lowest BCUT2D eigenvalue weighted by molar-refractivity contribution is 0.161. The van der Waals surface area contributed by atoms with Gasteiger partial charge in [-0.25, -0.2) is 0 Å². The van der Waals surface area contributed by atoms with Gasteiger partial charge < -0.3 is 15.4 Å². The predicted octanol–water partition coefficient (Wildman–Crippen LogP) is 2.94. The summed E-state index contributed by atoms with van der Waals surface area (Å²) in [6.07, 6.45) is 1.19. The lowest BCUT2D eigenvalue weighted by Crippen LogP contribution is -2.23. The highest BCUT2D eigenvalue weighted by Gasteiger charge is 2.24. The van der Waals surface area contributed by atoms with Crippen molar-refractivity contribution in [3.05, 3.63) is 28.2 Å². The third-order valence-corrected chi connectivity index (χ3v) is 4.01. The van der Waals surface area contributed by atoms with Crippen LogP contribution in [-0.2, 0) is 4.74 Å². The molecule has 18 heavy (non-hydrogen) atoms. The molecule has 0 spiro atoms. The summed E-state index contributed by atoms with van der Waals surface area (Å²) in [4.78, 5) is 2.42. The number of hydrogen-bond acceptors (Lipinski definition) is 3. The quantitative estimate of drug-likeness (QED) is 0.929. The zero-order valence-corrected chi connectivity index (χ0v) is 12.6. The SMILES string of the molecule is COCC1CCN(c2cc(Br)ccc2C(C)N)C1. The lowest BCUT2D eigenvalue weighted by Gasteiger charge is -2.24. The van der Waals surface area contributed by atoms with Crippen molar-refractivity contribution in [1.82, 2.24) is 0 Å². The molecule has 0 aromatic heterocycles. The summed E-state index contributed by atoms with van der Waals surface area (Å²) in [6, 6.07) is 6.42. The fraction of sp³-hybridized carbons (Fsp3) is 0.571. The maximum Gasteiger partial charge on any atom is 0.0508 e. The normalized spacial score (nSPS) is 21.3. The minimum atomic E-state index is 0.0644. The van der Waals surface area contributed by atoms with Crippen molar-refractivity contribution in [3.63, 3.8) is 0 Å². The molecule has 0 amide bonds. The molecule has 1 heterocycles. The summed E-state index contributed by atoms with van der Waals surface area (Å²) in [7, 11) is 1.77. The summed E-state index contributed by atoms with van der Waals surface area (Å²) in [5.74, 6) is 0.634. The molecule has 0 radical (unpaired) electrons. The van der Waals surface area contributed by atoms with Gasteiger partial charge in [0.05, 0.1) is 6.61 Å². The molecule has 100 valence electrons. The number of nitrogens with zero attached hydrogens (tertiary/aromatic N) is 1. The summed E-state index contributed by atoms with van der Waals surface area (Å²) < 4.78 is 6.36. The molecule has 1 aliphatic heterocycles.